The molecule has 2 aromatic heterocycles. The zero-order chi connectivity index (χ0) is 30.4. The molecule has 0 saturated heterocycles. The normalized spacial score (nSPS) is 20.8. The van der Waals surface area contributed by atoms with Crippen LogP contribution in [0, 0.1) is 0 Å². The minimum Gasteiger partial charge on any atom is -0.308 e. The summed E-state index contributed by atoms with van der Waals surface area (Å²) in [5, 5.41) is 7.35. The molecule has 0 N–H and O–H groups in total. The van der Waals surface area contributed by atoms with Crippen LogP contribution >= 0.6 is 11.3 Å². The molecule has 7 aromatic rings. The van der Waals surface area contributed by atoms with Crippen molar-refractivity contribution in [2.24, 2.45) is 0 Å². The summed E-state index contributed by atoms with van der Waals surface area (Å²) in [4.78, 5) is 0. The third-order valence-corrected chi connectivity index (χ3v) is 12.5. The lowest BCUT2D eigenvalue weighted by Crippen LogP contribution is -2.27. The summed E-state index contributed by atoms with van der Waals surface area (Å²) in [6, 6.07) is 39.7. The number of rotatable bonds is 1. The number of allylic oxidation sites excluding steroid dienone is 4. The Balaban J connectivity index is 1.18. The van der Waals surface area contributed by atoms with Gasteiger partial charge in [0, 0.05) is 27.5 Å². The van der Waals surface area contributed by atoms with Crippen LogP contribution in [0.25, 0.3) is 49.7 Å². The van der Waals surface area contributed by atoms with Crippen LogP contribution in [0.2, 0.25) is 0 Å². The van der Waals surface area contributed by atoms with E-state index in [1.807, 2.05) is 11.3 Å². The van der Waals surface area contributed by atoms with Crippen LogP contribution in [-0.4, -0.2) is 4.57 Å². The van der Waals surface area contributed by atoms with Gasteiger partial charge in [0.05, 0.1) is 22.1 Å². The molecule has 2 atom stereocenters. The van der Waals surface area contributed by atoms with Gasteiger partial charge in [0.2, 0.25) is 0 Å². The van der Waals surface area contributed by atoms with Crippen molar-refractivity contribution in [3.8, 4) is 27.9 Å². The molecule has 218 valence electrons. The van der Waals surface area contributed by atoms with Crippen molar-refractivity contribution in [3.63, 3.8) is 0 Å². The number of nitrogens with zero attached hydrogens (tertiary/aromatic N) is 1. The summed E-state index contributed by atoms with van der Waals surface area (Å²) < 4.78 is 2.52. The fourth-order valence-corrected chi connectivity index (χ4v) is 10.7. The Morgan fingerprint density at radius 2 is 1.46 bits per heavy atom. The van der Waals surface area contributed by atoms with E-state index in [0.717, 1.165) is 6.42 Å². The Bertz CT molecular complexity index is 2550. The number of hydrogen-bond acceptors (Lipinski definition) is 1. The van der Waals surface area contributed by atoms with Crippen molar-refractivity contribution in [1.82, 2.24) is 4.57 Å². The third-order valence-electron chi connectivity index (χ3n) is 11.7. The Labute approximate surface area is 272 Å². The summed E-state index contributed by atoms with van der Waals surface area (Å²) >= 11 is 1.81. The second-order valence-electron chi connectivity index (χ2n) is 14.0. The van der Waals surface area contributed by atoms with E-state index in [9.17, 15) is 0 Å². The highest BCUT2D eigenvalue weighted by Crippen LogP contribution is 2.65. The predicted octanol–water partition coefficient (Wildman–Crippen LogP) is 11.4. The first-order valence-corrected chi connectivity index (χ1v) is 17.4. The van der Waals surface area contributed by atoms with Crippen molar-refractivity contribution in [1.29, 1.82) is 0 Å². The molecule has 3 aliphatic carbocycles. The number of aromatic nitrogens is 1. The second kappa shape index (κ2) is 8.46. The average molecular weight is 606 g/mol. The second-order valence-corrected chi connectivity index (χ2v) is 14.8. The van der Waals surface area contributed by atoms with Gasteiger partial charge >= 0.3 is 0 Å². The van der Waals surface area contributed by atoms with Gasteiger partial charge in [-0.05, 0) is 91.2 Å². The summed E-state index contributed by atoms with van der Waals surface area (Å²) in [5.41, 5.74) is 19.1. The minimum absolute atomic E-state index is 0.0240. The molecule has 0 amide bonds. The van der Waals surface area contributed by atoms with E-state index in [2.05, 4.69) is 151 Å². The topological polar surface area (TPSA) is 4.93 Å². The fourth-order valence-electron chi connectivity index (χ4n) is 9.75. The van der Waals surface area contributed by atoms with Crippen LogP contribution in [0.5, 0.6) is 0 Å². The minimum atomic E-state index is -0.261. The standard InChI is InChI=1S/C44H31NS/c1-43(2)37-17-9-13-32-33-22-26(19-21-40(33)45(42(32)37)41-25-46-24-39(41)43)27-18-20-31-30-12-5-8-16-36(30)44(38(31)23-27)34-14-6-3-10-28(34)29-11-4-7-15-35(29)44/h3-10,12-25,29H,11H2,1-2H3. The molecule has 46 heavy (non-hydrogen) atoms. The molecule has 0 radical (unpaired) electrons. The Morgan fingerprint density at radius 1 is 0.674 bits per heavy atom. The maximum atomic E-state index is 2.53. The zero-order valence-electron chi connectivity index (χ0n) is 25.8. The van der Waals surface area contributed by atoms with Crippen LogP contribution in [0.4, 0.5) is 0 Å². The van der Waals surface area contributed by atoms with Crippen molar-refractivity contribution >= 4 is 33.1 Å². The maximum absolute atomic E-state index is 2.53. The molecule has 1 nitrogen and oxygen atoms in total. The van der Waals surface area contributed by atoms with Crippen LogP contribution in [0.3, 0.4) is 0 Å². The highest BCUT2D eigenvalue weighted by molar-refractivity contribution is 7.08. The van der Waals surface area contributed by atoms with Gasteiger partial charge in [0.25, 0.3) is 0 Å². The van der Waals surface area contributed by atoms with E-state index in [0.29, 0.717) is 5.92 Å². The van der Waals surface area contributed by atoms with Crippen molar-refractivity contribution in [3.05, 3.63) is 171 Å². The lowest BCUT2D eigenvalue weighted by Gasteiger charge is -2.33. The molecular formula is C44H31NS. The fraction of sp³-hybridized carbons (Fsp3) is 0.136. The third kappa shape index (κ3) is 2.81. The van der Waals surface area contributed by atoms with Gasteiger partial charge in [0.1, 0.15) is 0 Å². The Hall–Kier alpha value is -4.92. The molecule has 2 unspecified atom stereocenters. The van der Waals surface area contributed by atoms with Crippen molar-refractivity contribution in [2.75, 3.05) is 0 Å². The molecule has 4 aliphatic rings. The number of hydrogen-bond donors (Lipinski definition) is 0. The van der Waals surface area contributed by atoms with E-state index in [1.165, 1.54) is 88.7 Å². The van der Waals surface area contributed by atoms with Gasteiger partial charge in [-0.3, -0.25) is 0 Å². The smallest absolute Gasteiger partial charge is 0.0685 e. The molecule has 0 saturated carbocycles. The molecule has 11 rings (SSSR count). The SMILES string of the molecule is CC1(C)c2cscc2-n2c3ccc(-c4ccc5c(c4)C4(C6=CC=CCC6c6ccccc64)c4ccccc4-5)cc3c3cccc1c32. The number of thiophene rings is 1. The molecule has 2 heteroatoms. The monoisotopic (exact) mass is 605 g/mol. The van der Waals surface area contributed by atoms with Gasteiger partial charge in [-0.25, -0.2) is 0 Å². The largest absolute Gasteiger partial charge is 0.308 e. The van der Waals surface area contributed by atoms with E-state index < -0.39 is 0 Å². The van der Waals surface area contributed by atoms with E-state index in [-0.39, 0.29) is 10.8 Å². The molecule has 0 bridgehead atoms. The van der Waals surface area contributed by atoms with Crippen LogP contribution in [0.1, 0.15) is 59.6 Å². The molecule has 0 fully saturated rings. The molecule has 3 heterocycles. The lowest BCUT2D eigenvalue weighted by molar-refractivity contribution is 0.633. The first kappa shape index (κ1) is 25.3. The van der Waals surface area contributed by atoms with Crippen LogP contribution < -0.4 is 0 Å². The molecule has 1 spiro atoms. The summed E-state index contributed by atoms with van der Waals surface area (Å²) in [6.45, 7) is 4.75. The van der Waals surface area contributed by atoms with Gasteiger partial charge in [-0.2, -0.15) is 0 Å². The number of benzene rings is 5. The molecule has 5 aromatic carbocycles. The van der Waals surface area contributed by atoms with Crippen LogP contribution in [0.15, 0.2) is 138 Å². The summed E-state index contributed by atoms with van der Waals surface area (Å²) in [6.07, 6.45) is 8.12. The van der Waals surface area contributed by atoms with E-state index in [1.54, 1.807) is 0 Å². The zero-order valence-corrected chi connectivity index (χ0v) is 26.7. The number of para-hydroxylation sites is 1. The number of fused-ring (bicyclic) bond motifs is 15. The quantitative estimate of drug-likeness (QED) is 0.175. The van der Waals surface area contributed by atoms with Crippen LogP contribution in [-0.2, 0) is 10.8 Å². The maximum Gasteiger partial charge on any atom is 0.0685 e. The Morgan fingerprint density at radius 3 is 2.39 bits per heavy atom. The average Bonchev–Trinajstić information content (AvgIpc) is 3.85. The van der Waals surface area contributed by atoms with Gasteiger partial charge in [0.15, 0.2) is 0 Å². The molecule has 1 aliphatic heterocycles. The van der Waals surface area contributed by atoms with E-state index in [4.69, 9.17) is 0 Å². The first-order chi connectivity index (χ1) is 22.6. The van der Waals surface area contributed by atoms with Crippen molar-refractivity contribution in [2.45, 2.75) is 37.0 Å². The lowest BCUT2D eigenvalue weighted by atomic mass is 9.68. The molecular weight excluding hydrogens is 575 g/mol. The van der Waals surface area contributed by atoms with Gasteiger partial charge in [-0.1, -0.05) is 117 Å². The Kier molecular flexibility index (Phi) is 4.65. The van der Waals surface area contributed by atoms with E-state index >= 15 is 0 Å². The van der Waals surface area contributed by atoms with Gasteiger partial charge in [-0.15, -0.1) is 11.3 Å². The highest BCUT2D eigenvalue weighted by atomic mass is 32.1. The first-order valence-electron chi connectivity index (χ1n) is 16.4. The predicted molar refractivity (Wildman–Crippen MR) is 193 cm³/mol. The highest BCUT2D eigenvalue weighted by Gasteiger charge is 2.54. The summed E-state index contributed by atoms with van der Waals surface area (Å²) in [7, 11) is 0. The summed E-state index contributed by atoms with van der Waals surface area (Å²) in [5.74, 6) is 0.418. The van der Waals surface area contributed by atoms with Gasteiger partial charge < -0.3 is 4.57 Å². The van der Waals surface area contributed by atoms with Crippen molar-refractivity contribution < 1.29 is 0 Å².